The highest BCUT2D eigenvalue weighted by molar-refractivity contribution is 5.79. The Labute approximate surface area is 126 Å². The number of nitrogens with one attached hydrogen (secondary N) is 1. The van der Waals surface area contributed by atoms with Crippen LogP contribution in [-0.4, -0.2) is 41.6 Å². The molecule has 0 bridgehead atoms. The maximum atomic E-state index is 12.2. The quantitative estimate of drug-likeness (QED) is 0.786. The minimum atomic E-state index is -0.789. The molecule has 1 aliphatic carbocycles. The third-order valence-corrected chi connectivity index (χ3v) is 4.80. The predicted octanol–water partition coefficient (Wildman–Crippen LogP) is 2.63. The van der Waals surface area contributed by atoms with Crippen LogP contribution in [-0.2, 0) is 4.79 Å². The highest BCUT2D eigenvalue weighted by Gasteiger charge is 2.44. The minimum Gasteiger partial charge on any atom is -0.481 e. The first kappa shape index (κ1) is 15.9. The summed E-state index contributed by atoms with van der Waals surface area (Å²) in [4.78, 5) is 25.2. The number of hydrogen-bond acceptors (Lipinski definition) is 2. The summed E-state index contributed by atoms with van der Waals surface area (Å²) in [6.45, 7) is 8.10. The van der Waals surface area contributed by atoms with Gasteiger partial charge in [0.1, 0.15) is 0 Å². The summed E-state index contributed by atoms with van der Waals surface area (Å²) in [6.07, 6.45) is 5.28. The number of aliphatic carboxylic acids is 1. The average Bonchev–Trinajstić information content (AvgIpc) is 2.36. The van der Waals surface area contributed by atoms with Gasteiger partial charge in [0, 0.05) is 19.6 Å². The summed E-state index contributed by atoms with van der Waals surface area (Å²) in [5.74, 6) is -0.789. The van der Waals surface area contributed by atoms with E-state index in [-0.39, 0.29) is 18.0 Å². The summed E-state index contributed by atoms with van der Waals surface area (Å²) >= 11 is 0. The molecule has 0 saturated heterocycles. The van der Waals surface area contributed by atoms with E-state index in [9.17, 15) is 14.7 Å². The zero-order valence-corrected chi connectivity index (χ0v) is 13.2. The average molecular weight is 294 g/mol. The number of amides is 2. The third-order valence-electron chi connectivity index (χ3n) is 4.80. The molecule has 2 amide bonds. The van der Waals surface area contributed by atoms with Gasteiger partial charge in [0.2, 0.25) is 0 Å². The van der Waals surface area contributed by atoms with Crippen molar-refractivity contribution in [2.75, 3.05) is 19.6 Å². The van der Waals surface area contributed by atoms with Crippen molar-refractivity contribution >= 4 is 12.0 Å². The lowest BCUT2D eigenvalue weighted by Gasteiger charge is -2.38. The number of carbonyl (C=O) groups is 2. The first-order valence-corrected chi connectivity index (χ1v) is 7.70. The number of carbonyl (C=O) groups excluding carboxylic acids is 1. The van der Waals surface area contributed by atoms with Gasteiger partial charge in [0.15, 0.2) is 0 Å². The molecule has 0 aromatic carbocycles. The lowest BCUT2D eigenvalue weighted by atomic mass is 9.69. The van der Waals surface area contributed by atoms with E-state index in [1.54, 1.807) is 4.90 Å². The predicted molar refractivity (Wildman–Crippen MR) is 81.0 cm³/mol. The summed E-state index contributed by atoms with van der Waals surface area (Å²) in [7, 11) is 0. The van der Waals surface area contributed by atoms with Crippen LogP contribution in [0.5, 0.6) is 0 Å². The second-order valence-corrected chi connectivity index (χ2v) is 7.27. The van der Waals surface area contributed by atoms with Crippen molar-refractivity contribution in [1.29, 1.82) is 0 Å². The molecule has 0 unspecified atom stereocenters. The maximum absolute atomic E-state index is 12.2. The van der Waals surface area contributed by atoms with E-state index in [0.717, 1.165) is 12.8 Å². The molecule has 0 aromatic rings. The van der Waals surface area contributed by atoms with Gasteiger partial charge in [-0.1, -0.05) is 38.8 Å². The SMILES string of the molecule is CC(C)(C)C1=CCN(C(=O)NCC2(C(=O)O)CCC2)CC1. The van der Waals surface area contributed by atoms with Gasteiger partial charge < -0.3 is 15.3 Å². The minimum absolute atomic E-state index is 0.147. The smallest absolute Gasteiger partial charge is 0.317 e. The Bertz CT molecular complexity index is 459. The number of carboxylic acids is 1. The Morgan fingerprint density at radius 2 is 2.05 bits per heavy atom. The molecule has 0 atom stereocenters. The highest BCUT2D eigenvalue weighted by Crippen LogP contribution is 2.40. The van der Waals surface area contributed by atoms with Gasteiger partial charge in [0.25, 0.3) is 0 Å². The Hall–Kier alpha value is -1.52. The van der Waals surface area contributed by atoms with Crippen LogP contribution in [0, 0.1) is 10.8 Å². The van der Waals surface area contributed by atoms with Crippen molar-refractivity contribution in [2.24, 2.45) is 10.8 Å². The van der Waals surface area contributed by atoms with Gasteiger partial charge in [-0.25, -0.2) is 4.79 Å². The van der Waals surface area contributed by atoms with Crippen LogP contribution in [0.4, 0.5) is 4.79 Å². The van der Waals surface area contributed by atoms with E-state index in [1.807, 2.05) is 0 Å². The lowest BCUT2D eigenvalue weighted by Crippen LogP contribution is -2.51. The maximum Gasteiger partial charge on any atom is 0.317 e. The molecule has 5 nitrogen and oxygen atoms in total. The van der Waals surface area contributed by atoms with Gasteiger partial charge in [-0.2, -0.15) is 0 Å². The molecule has 1 saturated carbocycles. The largest absolute Gasteiger partial charge is 0.481 e. The zero-order valence-electron chi connectivity index (χ0n) is 13.2. The van der Waals surface area contributed by atoms with E-state index < -0.39 is 11.4 Å². The highest BCUT2D eigenvalue weighted by atomic mass is 16.4. The van der Waals surface area contributed by atoms with Gasteiger partial charge in [-0.15, -0.1) is 0 Å². The van der Waals surface area contributed by atoms with Crippen LogP contribution in [0.1, 0.15) is 46.5 Å². The molecular formula is C16H26N2O3. The molecule has 1 aliphatic heterocycles. The summed E-state index contributed by atoms with van der Waals surface area (Å²) < 4.78 is 0. The molecule has 0 aromatic heterocycles. The summed E-state index contributed by atoms with van der Waals surface area (Å²) in [5, 5.41) is 12.1. The Morgan fingerprint density at radius 3 is 2.43 bits per heavy atom. The van der Waals surface area contributed by atoms with Crippen LogP contribution >= 0.6 is 0 Å². The Kier molecular flexibility index (Phi) is 4.30. The topological polar surface area (TPSA) is 69.6 Å². The van der Waals surface area contributed by atoms with E-state index in [0.29, 0.717) is 25.9 Å². The molecule has 118 valence electrons. The lowest BCUT2D eigenvalue weighted by molar-refractivity contribution is -0.153. The van der Waals surface area contributed by atoms with Gasteiger partial charge in [-0.05, 0) is 24.7 Å². The molecule has 21 heavy (non-hydrogen) atoms. The summed E-state index contributed by atoms with van der Waals surface area (Å²) in [5.41, 5.74) is 0.812. The number of carboxylic acid groups (broad SMARTS) is 1. The monoisotopic (exact) mass is 294 g/mol. The Balaban J connectivity index is 1.86. The molecule has 5 heteroatoms. The van der Waals surface area contributed by atoms with Crippen LogP contribution in [0.25, 0.3) is 0 Å². The van der Waals surface area contributed by atoms with Crippen LogP contribution in [0.3, 0.4) is 0 Å². The van der Waals surface area contributed by atoms with Crippen molar-refractivity contribution in [3.8, 4) is 0 Å². The van der Waals surface area contributed by atoms with Crippen LogP contribution < -0.4 is 5.32 Å². The van der Waals surface area contributed by atoms with E-state index in [2.05, 4.69) is 32.2 Å². The number of nitrogens with zero attached hydrogens (tertiary/aromatic N) is 1. The second kappa shape index (κ2) is 5.70. The van der Waals surface area contributed by atoms with Crippen molar-refractivity contribution in [3.63, 3.8) is 0 Å². The van der Waals surface area contributed by atoms with Gasteiger partial charge in [0.05, 0.1) is 5.41 Å². The number of rotatable bonds is 3. The second-order valence-electron chi connectivity index (χ2n) is 7.27. The van der Waals surface area contributed by atoms with E-state index >= 15 is 0 Å². The van der Waals surface area contributed by atoms with E-state index in [4.69, 9.17) is 0 Å². The number of hydrogen-bond donors (Lipinski definition) is 2. The molecule has 2 N–H and O–H groups in total. The molecule has 2 rings (SSSR count). The number of urea groups is 1. The van der Waals surface area contributed by atoms with Crippen LogP contribution in [0.2, 0.25) is 0 Å². The van der Waals surface area contributed by atoms with Gasteiger partial charge >= 0.3 is 12.0 Å². The first-order chi connectivity index (χ1) is 9.74. The van der Waals surface area contributed by atoms with Crippen molar-refractivity contribution in [3.05, 3.63) is 11.6 Å². The first-order valence-electron chi connectivity index (χ1n) is 7.70. The third kappa shape index (κ3) is 3.39. The molecule has 1 heterocycles. The molecular weight excluding hydrogens is 268 g/mol. The zero-order chi connectivity index (χ0) is 15.7. The van der Waals surface area contributed by atoms with Crippen molar-refractivity contribution in [2.45, 2.75) is 46.5 Å². The molecule has 0 radical (unpaired) electrons. The van der Waals surface area contributed by atoms with Crippen molar-refractivity contribution in [1.82, 2.24) is 10.2 Å². The molecule has 2 aliphatic rings. The van der Waals surface area contributed by atoms with Gasteiger partial charge in [-0.3, -0.25) is 4.79 Å². The molecule has 0 spiro atoms. The standard InChI is InChI=1S/C16H26N2O3/c1-15(2,3)12-5-9-18(10-6-12)14(21)17-11-16(13(19)20)7-4-8-16/h5H,4,6-11H2,1-3H3,(H,17,21)(H,19,20). The Morgan fingerprint density at radius 1 is 1.38 bits per heavy atom. The fourth-order valence-electron chi connectivity index (χ4n) is 2.96. The van der Waals surface area contributed by atoms with Crippen molar-refractivity contribution < 1.29 is 14.7 Å². The molecule has 1 fully saturated rings. The summed E-state index contributed by atoms with van der Waals surface area (Å²) in [6, 6.07) is -0.147. The van der Waals surface area contributed by atoms with Crippen LogP contribution in [0.15, 0.2) is 11.6 Å². The fraction of sp³-hybridized carbons (Fsp3) is 0.750. The fourth-order valence-corrected chi connectivity index (χ4v) is 2.96. The van der Waals surface area contributed by atoms with E-state index in [1.165, 1.54) is 5.57 Å². The normalized spacial score (nSPS) is 21.3.